The van der Waals surface area contributed by atoms with Crippen molar-refractivity contribution in [2.45, 2.75) is 0 Å². The van der Waals surface area contributed by atoms with Crippen molar-refractivity contribution in [2.24, 2.45) is 0 Å². The monoisotopic (exact) mass is 329 g/mol. The summed E-state index contributed by atoms with van der Waals surface area (Å²) in [6.07, 6.45) is 1.59. The van der Waals surface area contributed by atoms with E-state index in [9.17, 15) is 0 Å². The number of halogens is 1. The lowest BCUT2D eigenvalue weighted by Crippen LogP contribution is -2.13. The Morgan fingerprint density at radius 3 is 2.43 bits per heavy atom. The van der Waals surface area contributed by atoms with Gasteiger partial charge >= 0.3 is 0 Å². The zero-order valence-corrected chi connectivity index (χ0v) is 13.8. The summed E-state index contributed by atoms with van der Waals surface area (Å²) in [7, 11) is 5.29. The Labute approximate surface area is 139 Å². The van der Waals surface area contributed by atoms with Crippen LogP contribution in [0.15, 0.2) is 42.6 Å². The topological polar surface area (TPSA) is 47.5 Å². The molecular formula is C17H16ClN3O2. The predicted octanol–water partition coefficient (Wildman–Crippen LogP) is 4.15. The molecule has 3 rings (SSSR count). The van der Waals surface area contributed by atoms with Crippen LogP contribution in [0.25, 0.3) is 10.8 Å². The number of methoxy groups -OCH3 is 1. The fourth-order valence-corrected chi connectivity index (χ4v) is 2.43. The van der Waals surface area contributed by atoms with Crippen molar-refractivity contribution < 1.29 is 9.47 Å². The van der Waals surface area contributed by atoms with Gasteiger partial charge in [-0.2, -0.15) is 4.98 Å². The standard InChI is InChI=1S/C17H16ClN3O2/c1-21(2)17-19-10-15(22-3)16(20-17)23-14-9-8-13(18)11-6-4-5-7-12(11)14/h4-10H,1-3H3. The van der Waals surface area contributed by atoms with E-state index in [2.05, 4.69) is 9.97 Å². The SMILES string of the molecule is COc1cnc(N(C)C)nc1Oc1ccc(Cl)c2ccccc12. The third kappa shape index (κ3) is 3.00. The molecule has 0 fully saturated rings. The van der Waals surface area contributed by atoms with Crippen LogP contribution in [0.1, 0.15) is 0 Å². The molecule has 0 spiro atoms. The average molecular weight is 330 g/mol. The smallest absolute Gasteiger partial charge is 0.267 e. The van der Waals surface area contributed by atoms with Gasteiger partial charge in [-0.1, -0.05) is 35.9 Å². The molecule has 0 unspecified atom stereocenters. The highest BCUT2D eigenvalue weighted by atomic mass is 35.5. The van der Waals surface area contributed by atoms with E-state index >= 15 is 0 Å². The lowest BCUT2D eigenvalue weighted by atomic mass is 10.1. The first-order chi connectivity index (χ1) is 11.1. The summed E-state index contributed by atoms with van der Waals surface area (Å²) in [5, 5.41) is 2.51. The minimum Gasteiger partial charge on any atom is -0.490 e. The molecule has 0 aliphatic carbocycles. The molecule has 23 heavy (non-hydrogen) atoms. The number of hydrogen-bond acceptors (Lipinski definition) is 5. The zero-order chi connectivity index (χ0) is 16.4. The first-order valence-corrected chi connectivity index (χ1v) is 7.41. The molecule has 0 radical (unpaired) electrons. The van der Waals surface area contributed by atoms with Gasteiger partial charge in [-0.15, -0.1) is 0 Å². The van der Waals surface area contributed by atoms with Crippen LogP contribution in [-0.4, -0.2) is 31.2 Å². The van der Waals surface area contributed by atoms with Crippen molar-refractivity contribution in [1.29, 1.82) is 0 Å². The van der Waals surface area contributed by atoms with E-state index in [4.69, 9.17) is 21.1 Å². The molecule has 1 aromatic heterocycles. The third-order valence-electron chi connectivity index (χ3n) is 3.37. The van der Waals surface area contributed by atoms with Crippen LogP contribution in [0, 0.1) is 0 Å². The summed E-state index contributed by atoms with van der Waals surface area (Å²) < 4.78 is 11.3. The Morgan fingerprint density at radius 2 is 1.74 bits per heavy atom. The molecule has 6 heteroatoms. The van der Waals surface area contributed by atoms with Crippen molar-refractivity contribution in [2.75, 3.05) is 26.1 Å². The summed E-state index contributed by atoms with van der Waals surface area (Å²) in [6.45, 7) is 0. The molecule has 0 atom stereocenters. The number of ether oxygens (including phenoxy) is 2. The van der Waals surface area contributed by atoms with Crippen molar-refractivity contribution in [3.63, 3.8) is 0 Å². The third-order valence-corrected chi connectivity index (χ3v) is 3.70. The molecule has 5 nitrogen and oxygen atoms in total. The average Bonchev–Trinajstić information content (AvgIpc) is 2.57. The lowest BCUT2D eigenvalue weighted by molar-refractivity contribution is 0.369. The van der Waals surface area contributed by atoms with Crippen molar-refractivity contribution in [1.82, 2.24) is 9.97 Å². The Kier molecular flexibility index (Phi) is 4.21. The van der Waals surface area contributed by atoms with Gasteiger partial charge in [0.25, 0.3) is 5.88 Å². The van der Waals surface area contributed by atoms with Crippen molar-refractivity contribution in [3.8, 4) is 17.4 Å². The number of rotatable bonds is 4. The molecule has 3 aromatic rings. The first-order valence-electron chi connectivity index (χ1n) is 7.03. The fourth-order valence-electron chi connectivity index (χ4n) is 2.20. The number of benzene rings is 2. The predicted molar refractivity (Wildman–Crippen MR) is 91.9 cm³/mol. The van der Waals surface area contributed by atoms with Gasteiger partial charge in [0.05, 0.1) is 13.3 Å². The maximum Gasteiger partial charge on any atom is 0.267 e. The normalized spacial score (nSPS) is 10.6. The molecule has 118 valence electrons. The van der Waals surface area contributed by atoms with Crippen LogP contribution in [0.2, 0.25) is 5.02 Å². The number of aromatic nitrogens is 2. The van der Waals surface area contributed by atoms with Gasteiger partial charge in [-0.05, 0) is 12.1 Å². The minimum atomic E-state index is 0.360. The van der Waals surface area contributed by atoms with E-state index in [-0.39, 0.29) is 0 Å². The van der Waals surface area contributed by atoms with Gasteiger partial charge < -0.3 is 14.4 Å². The second kappa shape index (κ2) is 6.30. The second-order valence-electron chi connectivity index (χ2n) is 5.13. The van der Waals surface area contributed by atoms with E-state index < -0.39 is 0 Å². The quantitative estimate of drug-likeness (QED) is 0.719. The Morgan fingerprint density at radius 1 is 1.00 bits per heavy atom. The molecule has 0 amide bonds. The van der Waals surface area contributed by atoms with Gasteiger partial charge in [0.1, 0.15) is 5.75 Å². The van der Waals surface area contributed by atoms with Crippen molar-refractivity contribution >= 4 is 28.3 Å². The van der Waals surface area contributed by atoms with Crippen LogP contribution in [-0.2, 0) is 0 Å². The number of hydrogen-bond donors (Lipinski definition) is 0. The van der Waals surface area contributed by atoms with Crippen molar-refractivity contribution in [3.05, 3.63) is 47.6 Å². The highest BCUT2D eigenvalue weighted by Crippen LogP contribution is 2.36. The number of anilines is 1. The first kappa shape index (κ1) is 15.4. The maximum atomic E-state index is 6.24. The summed E-state index contributed by atoms with van der Waals surface area (Å²) in [5.41, 5.74) is 0. The van der Waals surface area contributed by atoms with Gasteiger partial charge in [0, 0.05) is 29.9 Å². The Bertz CT molecular complexity index is 852. The zero-order valence-electron chi connectivity index (χ0n) is 13.1. The molecule has 0 bridgehead atoms. The molecule has 0 N–H and O–H groups in total. The largest absolute Gasteiger partial charge is 0.490 e. The van der Waals surface area contributed by atoms with Gasteiger partial charge in [0.2, 0.25) is 5.95 Å². The van der Waals surface area contributed by atoms with Gasteiger partial charge in [0.15, 0.2) is 5.75 Å². The van der Waals surface area contributed by atoms with E-state index in [1.54, 1.807) is 24.3 Å². The number of nitrogens with zero attached hydrogens (tertiary/aromatic N) is 3. The maximum absolute atomic E-state index is 6.24. The fraction of sp³-hybridized carbons (Fsp3) is 0.176. The van der Waals surface area contributed by atoms with Crippen LogP contribution < -0.4 is 14.4 Å². The summed E-state index contributed by atoms with van der Waals surface area (Å²) in [5.74, 6) is 2.03. The molecule has 1 heterocycles. The van der Waals surface area contributed by atoms with E-state index in [1.165, 1.54) is 0 Å². The molecule has 0 saturated heterocycles. The number of fused-ring (bicyclic) bond motifs is 1. The Balaban J connectivity index is 2.09. The molecular weight excluding hydrogens is 314 g/mol. The second-order valence-corrected chi connectivity index (χ2v) is 5.54. The minimum absolute atomic E-state index is 0.360. The van der Waals surface area contributed by atoms with Crippen LogP contribution in [0.4, 0.5) is 5.95 Å². The Hall–Kier alpha value is -2.53. The molecule has 2 aromatic carbocycles. The molecule has 0 saturated carbocycles. The summed E-state index contributed by atoms with van der Waals surface area (Å²) in [6, 6.07) is 11.4. The molecule has 0 aliphatic rings. The van der Waals surface area contributed by atoms with Crippen LogP contribution in [0.3, 0.4) is 0 Å². The van der Waals surface area contributed by atoms with E-state index in [0.29, 0.717) is 28.3 Å². The lowest BCUT2D eigenvalue weighted by Gasteiger charge is -2.15. The highest BCUT2D eigenvalue weighted by Gasteiger charge is 2.13. The van der Waals surface area contributed by atoms with E-state index in [1.807, 2.05) is 44.4 Å². The van der Waals surface area contributed by atoms with Crippen LogP contribution >= 0.6 is 11.6 Å². The molecule has 0 aliphatic heterocycles. The summed E-state index contributed by atoms with van der Waals surface area (Å²) >= 11 is 6.24. The van der Waals surface area contributed by atoms with Gasteiger partial charge in [-0.3, -0.25) is 0 Å². The van der Waals surface area contributed by atoms with E-state index in [0.717, 1.165) is 10.8 Å². The highest BCUT2D eigenvalue weighted by molar-refractivity contribution is 6.35. The van der Waals surface area contributed by atoms with Gasteiger partial charge in [-0.25, -0.2) is 4.98 Å². The van der Waals surface area contributed by atoms with Crippen LogP contribution in [0.5, 0.6) is 17.4 Å². The summed E-state index contributed by atoms with van der Waals surface area (Å²) in [4.78, 5) is 10.4.